The number of nitrogens with zero attached hydrogens (tertiary/aromatic N) is 4. The summed E-state index contributed by atoms with van der Waals surface area (Å²) < 4.78 is 7.38. The van der Waals surface area contributed by atoms with Gasteiger partial charge in [-0.2, -0.15) is 9.50 Å². The Balaban J connectivity index is 1.52. The van der Waals surface area contributed by atoms with Gasteiger partial charge in [-0.3, -0.25) is 0 Å². The van der Waals surface area contributed by atoms with Crippen LogP contribution in [0.15, 0.2) is 36.4 Å². The third-order valence-corrected chi connectivity index (χ3v) is 4.10. The van der Waals surface area contributed by atoms with Crippen molar-refractivity contribution in [1.29, 1.82) is 0 Å². The average molecular weight is 355 g/mol. The summed E-state index contributed by atoms with van der Waals surface area (Å²) in [5.41, 5.74) is 2.97. The molecule has 7 heteroatoms. The molecule has 0 amide bonds. The van der Waals surface area contributed by atoms with Crippen LogP contribution in [0.4, 0.5) is 5.69 Å². The first-order valence-electron chi connectivity index (χ1n) is 9.07. The van der Waals surface area contributed by atoms with Crippen LogP contribution in [0.2, 0.25) is 0 Å². The number of rotatable bonds is 9. The quantitative estimate of drug-likeness (QED) is 0.453. The lowest BCUT2D eigenvalue weighted by Gasteiger charge is -2.13. The number of aliphatic hydroxyl groups is 1. The monoisotopic (exact) mass is 355 g/mol. The molecule has 2 aromatic heterocycles. The minimum absolute atomic E-state index is 0.325. The number of benzene rings is 1. The molecule has 3 rings (SSSR count). The molecule has 2 N–H and O–H groups in total. The predicted molar refractivity (Wildman–Crippen MR) is 100 cm³/mol. The molecule has 0 bridgehead atoms. The van der Waals surface area contributed by atoms with E-state index < -0.39 is 6.23 Å². The van der Waals surface area contributed by atoms with Crippen LogP contribution in [-0.2, 0) is 12.8 Å². The minimum atomic E-state index is -0.615. The molecule has 1 aromatic carbocycles. The summed E-state index contributed by atoms with van der Waals surface area (Å²) >= 11 is 0. The summed E-state index contributed by atoms with van der Waals surface area (Å²) in [6.07, 6.45) is 2.35. The summed E-state index contributed by atoms with van der Waals surface area (Å²) in [6, 6.07) is 12.0. The van der Waals surface area contributed by atoms with Gasteiger partial charge < -0.3 is 15.2 Å². The van der Waals surface area contributed by atoms with Gasteiger partial charge in [0.05, 0.1) is 6.61 Å². The van der Waals surface area contributed by atoms with E-state index in [0.717, 1.165) is 29.9 Å². The van der Waals surface area contributed by atoms with E-state index in [9.17, 15) is 5.11 Å². The number of aromatic nitrogens is 4. The molecule has 7 nitrogen and oxygen atoms in total. The Morgan fingerprint density at radius 2 is 1.96 bits per heavy atom. The number of fused-ring (bicyclic) bond motifs is 1. The lowest BCUT2D eigenvalue weighted by molar-refractivity contribution is 0.176. The van der Waals surface area contributed by atoms with Crippen molar-refractivity contribution in [3.8, 4) is 6.01 Å². The number of aliphatic hydroxyl groups excluding tert-OH is 1. The fraction of sp³-hybridized carbons (Fsp3) is 0.421. The molecule has 2 heterocycles. The molecule has 0 fully saturated rings. The summed E-state index contributed by atoms with van der Waals surface area (Å²) in [7, 11) is 0. The molecular formula is C19H25N5O2. The zero-order valence-electron chi connectivity index (χ0n) is 15.2. The summed E-state index contributed by atoms with van der Waals surface area (Å²) in [5, 5.41) is 17.5. The topological polar surface area (TPSA) is 84.6 Å². The molecular weight excluding hydrogens is 330 g/mol. The second kappa shape index (κ2) is 8.62. The van der Waals surface area contributed by atoms with Crippen molar-refractivity contribution >= 4 is 11.5 Å². The maximum absolute atomic E-state index is 10.0. The van der Waals surface area contributed by atoms with Crippen molar-refractivity contribution in [2.45, 2.75) is 45.8 Å². The van der Waals surface area contributed by atoms with Gasteiger partial charge in [0.1, 0.15) is 6.23 Å². The van der Waals surface area contributed by atoms with Crippen molar-refractivity contribution in [3.63, 3.8) is 0 Å². The molecule has 0 aliphatic heterocycles. The fourth-order valence-corrected chi connectivity index (χ4v) is 2.70. The van der Waals surface area contributed by atoms with Gasteiger partial charge in [-0.25, -0.2) is 4.98 Å². The molecule has 138 valence electrons. The standard InChI is InChI=1S/C19H25N5O2/c1-3-14-13-16(4-2)24-18(21-14)22-19(23-24)26-12-8-11-17(25)20-15-9-6-5-7-10-15/h5-7,9-10,13,17,20,25H,3-4,8,11-12H2,1-2H3. The third kappa shape index (κ3) is 4.49. The lowest BCUT2D eigenvalue weighted by atomic mass is 10.2. The number of hydrogen-bond donors (Lipinski definition) is 2. The van der Waals surface area contributed by atoms with Gasteiger partial charge in [-0.1, -0.05) is 32.0 Å². The van der Waals surface area contributed by atoms with Crippen LogP contribution in [0.1, 0.15) is 38.1 Å². The molecule has 0 aliphatic rings. The first-order valence-corrected chi connectivity index (χ1v) is 9.07. The van der Waals surface area contributed by atoms with E-state index in [1.807, 2.05) is 30.3 Å². The molecule has 0 saturated carbocycles. The zero-order valence-corrected chi connectivity index (χ0v) is 15.2. The Labute approximate surface area is 153 Å². The molecule has 0 aliphatic carbocycles. The second-order valence-electron chi connectivity index (χ2n) is 6.07. The molecule has 3 aromatic rings. The first kappa shape index (κ1) is 18.1. The summed E-state index contributed by atoms with van der Waals surface area (Å²) in [4.78, 5) is 8.84. The van der Waals surface area contributed by atoms with Crippen LogP contribution in [0.5, 0.6) is 6.01 Å². The van der Waals surface area contributed by atoms with Crippen molar-refractivity contribution in [2.24, 2.45) is 0 Å². The van der Waals surface area contributed by atoms with Crippen molar-refractivity contribution < 1.29 is 9.84 Å². The van der Waals surface area contributed by atoms with Gasteiger partial charge in [0.15, 0.2) is 0 Å². The fourth-order valence-electron chi connectivity index (χ4n) is 2.70. The number of aryl methyl sites for hydroxylation is 2. The molecule has 1 unspecified atom stereocenters. The van der Waals surface area contributed by atoms with E-state index in [-0.39, 0.29) is 0 Å². The summed E-state index contributed by atoms with van der Waals surface area (Å²) in [6.45, 7) is 4.59. The highest BCUT2D eigenvalue weighted by molar-refractivity contribution is 5.42. The normalized spacial score (nSPS) is 12.3. The van der Waals surface area contributed by atoms with Crippen molar-refractivity contribution in [2.75, 3.05) is 11.9 Å². The van der Waals surface area contributed by atoms with Crippen LogP contribution in [0.3, 0.4) is 0 Å². The highest BCUT2D eigenvalue weighted by Gasteiger charge is 2.11. The van der Waals surface area contributed by atoms with Crippen LogP contribution in [0.25, 0.3) is 5.78 Å². The maximum Gasteiger partial charge on any atom is 0.337 e. The van der Waals surface area contributed by atoms with E-state index in [1.54, 1.807) is 4.52 Å². The van der Waals surface area contributed by atoms with Gasteiger partial charge in [0.2, 0.25) is 0 Å². The molecule has 1 atom stereocenters. The smallest absolute Gasteiger partial charge is 0.337 e. The number of nitrogens with one attached hydrogen (secondary N) is 1. The van der Waals surface area contributed by atoms with E-state index in [1.165, 1.54) is 0 Å². The average Bonchev–Trinajstić information content (AvgIpc) is 3.08. The largest absolute Gasteiger partial charge is 0.462 e. The predicted octanol–water partition coefficient (Wildman–Crippen LogP) is 2.84. The number of anilines is 1. The van der Waals surface area contributed by atoms with Gasteiger partial charge >= 0.3 is 6.01 Å². The Bertz CT molecular complexity index is 835. The summed E-state index contributed by atoms with van der Waals surface area (Å²) in [5.74, 6) is 0.571. The second-order valence-corrected chi connectivity index (χ2v) is 6.07. The van der Waals surface area contributed by atoms with E-state index >= 15 is 0 Å². The third-order valence-electron chi connectivity index (χ3n) is 4.10. The van der Waals surface area contributed by atoms with Gasteiger partial charge in [0.25, 0.3) is 5.78 Å². The van der Waals surface area contributed by atoms with Crippen LogP contribution in [-0.4, -0.2) is 37.5 Å². The number of ether oxygens (including phenoxy) is 1. The van der Waals surface area contributed by atoms with Crippen LogP contribution < -0.4 is 10.1 Å². The van der Waals surface area contributed by atoms with Gasteiger partial charge in [0, 0.05) is 17.1 Å². The molecule has 26 heavy (non-hydrogen) atoms. The highest BCUT2D eigenvalue weighted by Crippen LogP contribution is 2.13. The van der Waals surface area contributed by atoms with E-state index in [2.05, 4.69) is 40.3 Å². The van der Waals surface area contributed by atoms with Gasteiger partial charge in [-0.15, -0.1) is 5.10 Å². The zero-order chi connectivity index (χ0) is 18.4. The van der Waals surface area contributed by atoms with Gasteiger partial charge in [-0.05, 0) is 43.9 Å². The molecule has 0 saturated heterocycles. The number of para-hydroxylation sites is 1. The maximum atomic E-state index is 10.0. The first-order chi connectivity index (χ1) is 12.7. The molecule has 0 spiro atoms. The van der Waals surface area contributed by atoms with E-state index in [0.29, 0.717) is 31.2 Å². The van der Waals surface area contributed by atoms with E-state index in [4.69, 9.17) is 4.74 Å². The van der Waals surface area contributed by atoms with Crippen LogP contribution >= 0.6 is 0 Å². The Hall–Kier alpha value is -2.67. The van der Waals surface area contributed by atoms with Crippen molar-refractivity contribution in [1.82, 2.24) is 19.6 Å². The number of hydrogen-bond acceptors (Lipinski definition) is 6. The molecule has 0 radical (unpaired) electrons. The SMILES string of the molecule is CCc1cc(CC)n2nc(OCCCC(O)Nc3ccccc3)nc2n1. The Morgan fingerprint density at radius 3 is 2.69 bits per heavy atom. The lowest BCUT2D eigenvalue weighted by Crippen LogP contribution is -2.19. The minimum Gasteiger partial charge on any atom is -0.462 e. The Morgan fingerprint density at radius 1 is 1.15 bits per heavy atom. The van der Waals surface area contributed by atoms with Crippen LogP contribution in [0, 0.1) is 0 Å². The Kier molecular flexibility index (Phi) is 6.01. The highest BCUT2D eigenvalue weighted by atomic mass is 16.5. The van der Waals surface area contributed by atoms with Crippen molar-refractivity contribution in [3.05, 3.63) is 47.8 Å².